The Morgan fingerprint density at radius 1 is 1.48 bits per heavy atom. The predicted molar refractivity (Wildman–Crippen MR) is 77.4 cm³/mol. The van der Waals surface area contributed by atoms with Gasteiger partial charge in [-0.2, -0.15) is 0 Å². The fraction of sp³-hybridized carbons (Fsp3) is 0.333. The highest BCUT2D eigenvalue weighted by Crippen LogP contribution is 2.22. The molecule has 0 saturated carbocycles. The first-order valence-corrected chi connectivity index (χ1v) is 6.61. The number of nitrogens with one attached hydrogen (secondary N) is 1. The molecular formula is C15H18N2O4. The molecule has 6 nitrogen and oxygen atoms in total. The number of carbonyl (C=O) groups is 1. The van der Waals surface area contributed by atoms with Crippen LogP contribution in [-0.2, 0) is 11.3 Å². The molecule has 0 atom stereocenters. The monoisotopic (exact) mass is 290 g/mol. The molecule has 0 aliphatic carbocycles. The summed E-state index contributed by atoms with van der Waals surface area (Å²) in [7, 11) is 1.33. The molecule has 6 heteroatoms. The molecule has 112 valence electrons. The molecule has 0 unspecified atom stereocenters. The summed E-state index contributed by atoms with van der Waals surface area (Å²) in [5, 5.41) is 3.17. The van der Waals surface area contributed by atoms with Crippen LogP contribution >= 0.6 is 0 Å². The summed E-state index contributed by atoms with van der Waals surface area (Å²) in [5.74, 6) is 0.734. The SMILES string of the molecule is COC(=O)c1coc(CNc2cccnc2OC(C)C)c1. The second-order valence-electron chi connectivity index (χ2n) is 4.67. The summed E-state index contributed by atoms with van der Waals surface area (Å²) in [5.41, 5.74) is 1.15. The van der Waals surface area contributed by atoms with Gasteiger partial charge < -0.3 is 19.2 Å². The number of hydrogen-bond acceptors (Lipinski definition) is 6. The van der Waals surface area contributed by atoms with Crippen LogP contribution in [0.1, 0.15) is 30.0 Å². The number of esters is 1. The third-order valence-corrected chi connectivity index (χ3v) is 2.65. The highest BCUT2D eigenvalue weighted by atomic mass is 16.5. The number of furan rings is 1. The van der Waals surface area contributed by atoms with Gasteiger partial charge in [-0.1, -0.05) is 0 Å². The van der Waals surface area contributed by atoms with Crippen molar-refractivity contribution in [2.45, 2.75) is 26.5 Å². The zero-order valence-electron chi connectivity index (χ0n) is 12.3. The summed E-state index contributed by atoms with van der Waals surface area (Å²) < 4.78 is 15.5. The van der Waals surface area contributed by atoms with Crippen molar-refractivity contribution in [1.29, 1.82) is 0 Å². The molecule has 2 rings (SSSR count). The number of rotatable bonds is 6. The van der Waals surface area contributed by atoms with Crippen molar-refractivity contribution in [2.24, 2.45) is 0 Å². The molecule has 0 spiro atoms. The summed E-state index contributed by atoms with van der Waals surface area (Å²) >= 11 is 0. The molecule has 0 saturated heterocycles. The van der Waals surface area contributed by atoms with Crippen LogP contribution in [-0.4, -0.2) is 24.2 Å². The third-order valence-electron chi connectivity index (χ3n) is 2.65. The van der Waals surface area contributed by atoms with E-state index >= 15 is 0 Å². The standard InChI is InChI=1S/C15H18N2O4/c1-10(2)21-14-13(5-4-6-16-14)17-8-12-7-11(9-20-12)15(18)19-3/h4-7,9-10,17H,8H2,1-3H3. The summed E-state index contributed by atoms with van der Waals surface area (Å²) in [6.07, 6.45) is 3.08. The van der Waals surface area contributed by atoms with E-state index in [0.29, 0.717) is 23.7 Å². The van der Waals surface area contributed by atoms with Gasteiger partial charge >= 0.3 is 5.97 Å². The first-order chi connectivity index (χ1) is 10.1. The molecule has 0 fully saturated rings. The van der Waals surface area contributed by atoms with E-state index < -0.39 is 5.97 Å². The number of hydrogen-bond donors (Lipinski definition) is 1. The van der Waals surface area contributed by atoms with Crippen LogP contribution < -0.4 is 10.1 Å². The molecule has 0 bridgehead atoms. The summed E-state index contributed by atoms with van der Waals surface area (Å²) in [6, 6.07) is 5.32. The van der Waals surface area contributed by atoms with Gasteiger partial charge in [0, 0.05) is 6.20 Å². The Morgan fingerprint density at radius 2 is 2.29 bits per heavy atom. The number of anilines is 1. The lowest BCUT2D eigenvalue weighted by atomic mass is 10.3. The minimum atomic E-state index is -0.421. The first kappa shape index (κ1) is 14.9. The van der Waals surface area contributed by atoms with Crippen LogP contribution in [0.15, 0.2) is 35.1 Å². The molecule has 0 aliphatic rings. The summed E-state index contributed by atoms with van der Waals surface area (Å²) in [6.45, 7) is 4.29. The van der Waals surface area contributed by atoms with Gasteiger partial charge in [0.15, 0.2) is 0 Å². The Kier molecular flexibility index (Phi) is 4.81. The number of pyridine rings is 1. The van der Waals surface area contributed by atoms with E-state index in [0.717, 1.165) is 5.69 Å². The molecule has 0 amide bonds. The topological polar surface area (TPSA) is 73.6 Å². The average molecular weight is 290 g/mol. The highest BCUT2D eigenvalue weighted by Gasteiger charge is 2.11. The van der Waals surface area contributed by atoms with E-state index in [9.17, 15) is 4.79 Å². The Balaban J connectivity index is 2.03. The van der Waals surface area contributed by atoms with Crippen molar-refractivity contribution in [3.8, 4) is 5.88 Å². The van der Waals surface area contributed by atoms with E-state index in [-0.39, 0.29) is 6.10 Å². The fourth-order valence-corrected chi connectivity index (χ4v) is 1.72. The minimum Gasteiger partial charge on any atom is -0.473 e. The average Bonchev–Trinajstić information content (AvgIpc) is 2.94. The maximum Gasteiger partial charge on any atom is 0.341 e. The Bertz CT molecular complexity index is 607. The van der Waals surface area contributed by atoms with Gasteiger partial charge in [-0.15, -0.1) is 0 Å². The van der Waals surface area contributed by atoms with Crippen LogP contribution in [0.2, 0.25) is 0 Å². The maximum absolute atomic E-state index is 11.3. The normalized spacial score (nSPS) is 10.5. The smallest absolute Gasteiger partial charge is 0.341 e. The van der Waals surface area contributed by atoms with E-state index in [4.69, 9.17) is 9.15 Å². The zero-order valence-corrected chi connectivity index (χ0v) is 12.3. The Hall–Kier alpha value is -2.50. The molecule has 0 radical (unpaired) electrons. The van der Waals surface area contributed by atoms with Crippen molar-refractivity contribution >= 4 is 11.7 Å². The van der Waals surface area contributed by atoms with Crippen molar-refractivity contribution in [2.75, 3.05) is 12.4 Å². The molecule has 21 heavy (non-hydrogen) atoms. The van der Waals surface area contributed by atoms with Gasteiger partial charge in [-0.3, -0.25) is 0 Å². The lowest BCUT2D eigenvalue weighted by Gasteiger charge is -2.13. The number of carbonyl (C=O) groups excluding carboxylic acids is 1. The Morgan fingerprint density at radius 3 is 3.00 bits per heavy atom. The van der Waals surface area contributed by atoms with Gasteiger partial charge in [-0.25, -0.2) is 9.78 Å². The van der Waals surface area contributed by atoms with Crippen LogP contribution in [0, 0.1) is 0 Å². The largest absolute Gasteiger partial charge is 0.473 e. The lowest BCUT2D eigenvalue weighted by molar-refractivity contribution is 0.0600. The molecule has 1 N–H and O–H groups in total. The van der Waals surface area contributed by atoms with Crippen LogP contribution in [0.25, 0.3) is 0 Å². The van der Waals surface area contributed by atoms with Crippen molar-refractivity contribution in [3.05, 3.63) is 42.0 Å². The highest BCUT2D eigenvalue weighted by molar-refractivity contribution is 5.89. The number of aromatic nitrogens is 1. The lowest BCUT2D eigenvalue weighted by Crippen LogP contribution is -2.09. The van der Waals surface area contributed by atoms with E-state index in [2.05, 4.69) is 15.0 Å². The van der Waals surface area contributed by atoms with Crippen LogP contribution in [0.4, 0.5) is 5.69 Å². The number of methoxy groups -OCH3 is 1. The molecule has 2 aromatic heterocycles. The zero-order chi connectivity index (χ0) is 15.2. The van der Waals surface area contributed by atoms with Gasteiger partial charge in [-0.05, 0) is 32.0 Å². The molecule has 0 aromatic carbocycles. The number of nitrogens with zero attached hydrogens (tertiary/aromatic N) is 1. The minimum absolute atomic E-state index is 0.0370. The van der Waals surface area contributed by atoms with E-state index in [1.54, 1.807) is 12.3 Å². The van der Waals surface area contributed by atoms with E-state index in [1.807, 2.05) is 26.0 Å². The molecule has 0 aliphatic heterocycles. The van der Waals surface area contributed by atoms with Crippen molar-refractivity contribution < 1.29 is 18.7 Å². The quantitative estimate of drug-likeness (QED) is 0.825. The molecular weight excluding hydrogens is 272 g/mol. The second-order valence-corrected chi connectivity index (χ2v) is 4.67. The second kappa shape index (κ2) is 6.78. The van der Waals surface area contributed by atoms with Gasteiger partial charge in [0.2, 0.25) is 5.88 Å². The molecule has 2 aromatic rings. The van der Waals surface area contributed by atoms with Crippen molar-refractivity contribution in [1.82, 2.24) is 4.98 Å². The van der Waals surface area contributed by atoms with Crippen molar-refractivity contribution in [3.63, 3.8) is 0 Å². The number of ether oxygens (including phenoxy) is 2. The molecule has 2 heterocycles. The fourth-order valence-electron chi connectivity index (χ4n) is 1.72. The van der Waals surface area contributed by atoms with Crippen LogP contribution in [0.5, 0.6) is 5.88 Å². The van der Waals surface area contributed by atoms with Gasteiger partial charge in [0.05, 0.1) is 31.0 Å². The van der Waals surface area contributed by atoms with E-state index in [1.165, 1.54) is 13.4 Å². The van der Waals surface area contributed by atoms with Crippen LogP contribution in [0.3, 0.4) is 0 Å². The summed E-state index contributed by atoms with van der Waals surface area (Å²) in [4.78, 5) is 15.5. The predicted octanol–water partition coefficient (Wildman–Crippen LogP) is 2.86. The third kappa shape index (κ3) is 3.98. The Labute approximate surface area is 123 Å². The van der Waals surface area contributed by atoms with Gasteiger partial charge in [0.1, 0.15) is 12.0 Å². The van der Waals surface area contributed by atoms with Gasteiger partial charge in [0.25, 0.3) is 0 Å². The maximum atomic E-state index is 11.3. The first-order valence-electron chi connectivity index (χ1n) is 6.61.